The van der Waals surface area contributed by atoms with Crippen molar-refractivity contribution >= 4 is 60.6 Å². The number of amides is 2. The van der Waals surface area contributed by atoms with Crippen molar-refractivity contribution in [3.63, 3.8) is 0 Å². The molecule has 2 aromatic rings. The molecule has 1 heterocycles. The first-order valence-corrected chi connectivity index (χ1v) is 10.9. The van der Waals surface area contributed by atoms with Crippen molar-refractivity contribution in [2.75, 3.05) is 22.5 Å². The van der Waals surface area contributed by atoms with Crippen LogP contribution in [-0.2, 0) is 25.8 Å². The second-order valence-electron chi connectivity index (χ2n) is 6.15. The van der Waals surface area contributed by atoms with Crippen molar-refractivity contribution < 1.29 is 18.0 Å². The van der Waals surface area contributed by atoms with Gasteiger partial charge in [0.15, 0.2) is 9.84 Å². The van der Waals surface area contributed by atoms with Gasteiger partial charge in [-0.05, 0) is 48.4 Å². The van der Waals surface area contributed by atoms with E-state index >= 15 is 0 Å². The average molecular weight is 472 g/mol. The van der Waals surface area contributed by atoms with E-state index in [1.165, 1.54) is 17.9 Å². The van der Waals surface area contributed by atoms with Crippen LogP contribution in [0.3, 0.4) is 0 Å². The Balaban J connectivity index is 1.90. The summed E-state index contributed by atoms with van der Waals surface area (Å²) in [4.78, 5) is 25.6. The number of carbonyl (C=O) groups excluding carboxylic acids is 2. The Morgan fingerprint density at radius 3 is 2.52 bits per heavy atom. The van der Waals surface area contributed by atoms with Crippen molar-refractivity contribution in [2.45, 2.75) is 18.2 Å². The van der Waals surface area contributed by atoms with E-state index in [9.17, 15) is 18.0 Å². The van der Waals surface area contributed by atoms with Gasteiger partial charge in [-0.2, -0.15) is 0 Å². The van der Waals surface area contributed by atoms with E-state index in [0.717, 1.165) is 5.56 Å². The van der Waals surface area contributed by atoms with Gasteiger partial charge >= 0.3 is 0 Å². The fourth-order valence-corrected chi connectivity index (χ4v) is 5.20. The highest BCUT2D eigenvalue weighted by atomic mass is 79.9. The molecule has 1 N–H and O–H groups in total. The second-order valence-corrected chi connectivity index (χ2v) is 9.46. The molecule has 1 aliphatic heterocycles. The minimum Gasteiger partial charge on any atom is -0.325 e. The zero-order valence-corrected chi connectivity index (χ0v) is 17.5. The largest absolute Gasteiger partial charge is 0.325 e. The zero-order chi connectivity index (χ0) is 19.8. The summed E-state index contributed by atoms with van der Waals surface area (Å²) in [5, 5.41) is 3.05. The van der Waals surface area contributed by atoms with Crippen LogP contribution in [-0.4, -0.2) is 32.5 Å². The number of anilines is 2. The van der Waals surface area contributed by atoms with Crippen LogP contribution in [0.2, 0.25) is 5.02 Å². The number of rotatable bonds is 4. The molecule has 0 saturated carbocycles. The minimum absolute atomic E-state index is 0.0224. The highest BCUT2D eigenvalue weighted by Gasteiger charge is 2.32. The fraction of sp³-hybridized carbons (Fsp3) is 0.222. The summed E-state index contributed by atoms with van der Waals surface area (Å²) in [6, 6.07) is 9.59. The third-order valence-electron chi connectivity index (χ3n) is 4.16. The molecule has 2 aromatic carbocycles. The predicted molar refractivity (Wildman–Crippen MR) is 108 cm³/mol. The number of hydrogen-bond acceptors (Lipinski definition) is 4. The molecule has 0 bridgehead atoms. The number of nitrogens with one attached hydrogen (secondary N) is 1. The summed E-state index contributed by atoms with van der Waals surface area (Å²) in [7, 11) is -3.96. The van der Waals surface area contributed by atoms with Gasteiger partial charge in [0, 0.05) is 28.7 Å². The fourth-order valence-electron chi connectivity index (χ4n) is 3.00. The van der Waals surface area contributed by atoms with Crippen molar-refractivity contribution in [1.82, 2.24) is 0 Å². The molecular weight excluding hydrogens is 456 g/mol. The molecule has 9 heteroatoms. The molecule has 2 amide bonds. The SMILES string of the molecule is CC(=O)N1CCc2cc(Br)cc(S(=O)(=O)CC(=O)Nc3ccc(Cl)cc3)c21. The molecule has 0 spiro atoms. The van der Waals surface area contributed by atoms with Gasteiger partial charge in [-0.3, -0.25) is 9.59 Å². The van der Waals surface area contributed by atoms with Crippen LogP contribution in [0.25, 0.3) is 0 Å². The molecule has 0 fully saturated rings. The average Bonchev–Trinajstić information content (AvgIpc) is 2.99. The lowest BCUT2D eigenvalue weighted by Crippen LogP contribution is -2.29. The van der Waals surface area contributed by atoms with Gasteiger partial charge in [0.05, 0.1) is 10.6 Å². The van der Waals surface area contributed by atoms with E-state index in [0.29, 0.717) is 33.8 Å². The van der Waals surface area contributed by atoms with E-state index in [4.69, 9.17) is 11.6 Å². The molecule has 3 rings (SSSR count). The summed E-state index contributed by atoms with van der Waals surface area (Å²) in [5.74, 6) is -1.64. The lowest BCUT2D eigenvalue weighted by molar-refractivity contribution is -0.116. The maximum atomic E-state index is 12.9. The monoisotopic (exact) mass is 470 g/mol. The lowest BCUT2D eigenvalue weighted by Gasteiger charge is -2.19. The van der Waals surface area contributed by atoms with Gasteiger partial charge in [0.25, 0.3) is 0 Å². The highest BCUT2D eigenvalue weighted by molar-refractivity contribution is 9.10. The first-order valence-electron chi connectivity index (χ1n) is 8.06. The van der Waals surface area contributed by atoms with Gasteiger partial charge in [0.1, 0.15) is 5.75 Å². The van der Waals surface area contributed by atoms with Crippen molar-refractivity contribution in [3.05, 3.63) is 51.5 Å². The molecule has 0 atom stereocenters. The highest BCUT2D eigenvalue weighted by Crippen LogP contribution is 2.38. The molecule has 27 heavy (non-hydrogen) atoms. The third-order valence-corrected chi connectivity index (χ3v) is 6.49. The maximum absolute atomic E-state index is 12.9. The number of carbonyl (C=O) groups is 2. The summed E-state index contributed by atoms with van der Waals surface area (Å²) in [6.07, 6.45) is 0.563. The summed E-state index contributed by atoms with van der Waals surface area (Å²) >= 11 is 9.11. The molecule has 142 valence electrons. The first kappa shape index (κ1) is 19.9. The topological polar surface area (TPSA) is 83.6 Å². The number of benzene rings is 2. The van der Waals surface area contributed by atoms with Gasteiger partial charge in [0.2, 0.25) is 11.8 Å². The Bertz CT molecular complexity index is 1020. The standard InChI is InChI=1S/C18H16BrClN2O4S/c1-11(23)22-7-6-12-8-13(19)9-16(18(12)22)27(25,26)10-17(24)21-15-4-2-14(20)3-5-15/h2-5,8-9H,6-7,10H2,1H3,(H,21,24). The van der Waals surface area contributed by atoms with Crippen molar-refractivity contribution in [3.8, 4) is 0 Å². The van der Waals surface area contributed by atoms with E-state index in [-0.39, 0.29) is 10.8 Å². The van der Waals surface area contributed by atoms with Crippen LogP contribution in [0.15, 0.2) is 45.8 Å². The van der Waals surface area contributed by atoms with E-state index in [2.05, 4.69) is 21.2 Å². The predicted octanol–water partition coefficient (Wildman–Crippen LogP) is 3.42. The molecule has 0 aliphatic carbocycles. The summed E-state index contributed by atoms with van der Waals surface area (Å²) in [5.41, 5.74) is 1.57. The van der Waals surface area contributed by atoms with Gasteiger partial charge in [-0.1, -0.05) is 27.5 Å². The number of sulfone groups is 1. The van der Waals surface area contributed by atoms with E-state index in [1.807, 2.05) is 0 Å². The van der Waals surface area contributed by atoms with Crippen LogP contribution < -0.4 is 10.2 Å². The van der Waals surface area contributed by atoms with Crippen molar-refractivity contribution in [1.29, 1.82) is 0 Å². The molecule has 6 nitrogen and oxygen atoms in total. The number of fused-ring (bicyclic) bond motifs is 1. The zero-order valence-electron chi connectivity index (χ0n) is 14.3. The van der Waals surface area contributed by atoms with Crippen LogP contribution in [0.1, 0.15) is 12.5 Å². The Kier molecular flexibility index (Phi) is 5.60. The Labute approximate surface area is 170 Å². The van der Waals surface area contributed by atoms with E-state index < -0.39 is 21.5 Å². The quantitative estimate of drug-likeness (QED) is 0.740. The summed E-state index contributed by atoms with van der Waals surface area (Å²) < 4.78 is 26.4. The third kappa shape index (κ3) is 4.34. The Hall–Kier alpha value is -1.90. The van der Waals surface area contributed by atoms with Gasteiger partial charge in [-0.15, -0.1) is 0 Å². The lowest BCUT2D eigenvalue weighted by atomic mass is 10.2. The van der Waals surface area contributed by atoms with Crippen molar-refractivity contribution in [2.24, 2.45) is 0 Å². The molecule has 0 saturated heterocycles. The van der Waals surface area contributed by atoms with Crippen LogP contribution in [0.5, 0.6) is 0 Å². The second kappa shape index (κ2) is 7.61. The molecule has 1 aliphatic rings. The first-order chi connectivity index (χ1) is 12.7. The normalized spacial score (nSPS) is 13.4. The minimum atomic E-state index is -3.96. The Morgan fingerprint density at radius 2 is 1.89 bits per heavy atom. The van der Waals surface area contributed by atoms with Gasteiger partial charge in [-0.25, -0.2) is 8.42 Å². The van der Waals surface area contributed by atoms with E-state index in [1.54, 1.807) is 30.3 Å². The number of nitrogens with zero attached hydrogens (tertiary/aromatic N) is 1. The maximum Gasteiger partial charge on any atom is 0.239 e. The molecule has 0 radical (unpaired) electrons. The molecule has 0 aromatic heterocycles. The molecular formula is C18H16BrClN2O4S. The molecule has 0 unspecified atom stereocenters. The van der Waals surface area contributed by atoms with Crippen LogP contribution >= 0.6 is 27.5 Å². The summed E-state index contributed by atoms with van der Waals surface area (Å²) in [6.45, 7) is 1.81. The number of halogens is 2. The van der Waals surface area contributed by atoms with Crippen LogP contribution in [0.4, 0.5) is 11.4 Å². The van der Waals surface area contributed by atoms with Crippen LogP contribution in [0, 0.1) is 0 Å². The smallest absolute Gasteiger partial charge is 0.239 e. The van der Waals surface area contributed by atoms with Gasteiger partial charge < -0.3 is 10.2 Å². The number of hydrogen-bond donors (Lipinski definition) is 1. The Morgan fingerprint density at radius 1 is 1.22 bits per heavy atom.